The summed E-state index contributed by atoms with van der Waals surface area (Å²) in [5, 5.41) is 6.41. The van der Waals surface area contributed by atoms with Crippen LogP contribution >= 0.6 is 24.0 Å². The Morgan fingerprint density at radius 1 is 1.04 bits per heavy atom. The lowest BCUT2D eigenvalue weighted by Gasteiger charge is -2.14. The fraction of sp³-hybridized carbons (Fsp3) is 0.350. The van der Waals surface area contributed by atoms with Gasteiger partial charge in [0.1, 0.15) is 11.6 Å². The molecule has 4 nitrogen and oxygen atoms in total. The van der Waals surface area contributed by atoms with Gasteiger partial charge in [0.25, 0.3) is 0 Å². The molecule has 2 rings (SSSR count). The zero-order chi connectivity index (χ0) is 18.9. The molecule has 0 heterocycles. The van der Waals surface area contributed by atoms with E-state index in [1.54, 1.807) is 19.2 Å². The molecule has 2 aromatic carbocycles. The Morgan fingerprint density at radius 3 is 2.48 bits per heavy atom. The number of guanidine groups is 1. The van der Waals surface area contributed by atoms with Gasteiger partial charge in [-0.1, -0.05) is 18.2 Å². The van der Waals surface area contributed by atoms with Gasteiger partial charge < -0.3 is 15.5 Å². The van der Waals surface area contributed by atoms with Crippen molar-refractivity contribution in [3.05, 3.63) is 70.8 Å². The zero-order valence-corrected chi connectivity index (χ0v) is 18.3. The molecule has 148 valence electrons. The molecule has 0 saturated carbocycles. The Balaban J connectivity index is 0.00000364. The van der Waals surface area contributed by atoms with E-state index in [0.29, 0.717) is 37.6 Å². The summed E-state index contributed by atoms with van der Waals surface area (Å²) in [7, 11) is 5.52. The van der Waals surface area contributed by atoms with Crippen LogP contribution in [0, 0.1) is 11.6 Å². The average Bonchev–Trinajstić information content (AvgIpc) is 2.60. The van der Waals surface area contributed by atoms with Crippen molar-refractivity contribution < 1.29 is 8.78 Å². The van der Waals surface area contributed by atoms with Gasteiger partial charge in [-0.15, -0.1) is 24.0 Å². The Bertz CT molecular complexity index is 751. The SMILES string of the molecule is CN=C(NCCc1cccc(F)c1)NCc1ccc(F)c(CN(C)C)c1.I. The summed E-state index contributed by atoms with van der Waals surface area (Å²) in [6, 6.07) is 11.7. The van der Waals surface area contributed by atoms with E-state index < -0.39 is 0 Å². The predicted octanol–water partition coefficient (Wildman–Crippen LogP) is 3.55. The minimum atomic E-state index is -0.227. The highest BCUT2D eigenvalue weighted by atomic mass is 127. The second-order valence-corrected chi connectivity index (χ2v) is 6.40. The smallest absolute Gasteiger partial charge is 0.191 e. The number of nitrogens with zero attached hydrogens (tertiary/aromatic N) is 2. The Hall–Kier alpha value is -1.74. The summed E-state index contributed by atoms with van der Waals surface area (Å²) in [5.74, 6) is 0.231. The summed E-state index contributed by atoms with van der Waals surface area (Å²) < 4.78 is 27.0. The van der Waals surface area contributed by atoms with Crippen molar-refractivity contribution in [2.75, 3.05) is 27.7 Å². The van der Waals surface area contributed by atoms with E-state index in [1.165, 1.54) is 18.2 Å². The van der Waals surface area contributed by atoms with Crippen LogP contribution in [0.1, 0.15) is 16.7 Å². The maximum Gasteiger partial charge on any atom is 0.191 e. The van der Waals surface area contributed by atoms with Crippen molar-refractivity contribution in [2.45, 2.75) is 19.5 Å². The van der Waals surface area contributed by atoms with Crippen LogP contribution in [0.3, 0.4) is 0 Å². The zero-order valence-electron chi connectivity index (χ0n) is 15.9. The van der Waals surface area contributed by atoms with Crippen molar-refractivity contribution in [2.24, 2.45) is 4.99 Å². The summed E-state index contributed by atoms with van der Waals surface area (Å²) in [4.78, 5) is 6.11. The van der Waals surface area contributed by atoms with Crippen molar-refractivity contribution in [1.82, 2.24) is 15.5 Å². The van der Waals surface area contributed by atoms with E-state index in [2.05, 4.69) is 15.6 Å². The maximum absolute atomic E-state index is 13.8. The van der Waals surface area contributed by atoms with Gasteiger partial charge in [0, 0.05) is 32.2 Å². The van der Waals surface area contributed by atoms with Crippen molar-refractivity contribution >= 4 is 29.9 Å². The molecular formula is C20H27F2IN4. The van der Waals surface area contributed by atoms with Crippen LogP contribution in [0.4, 0.5) is 8.78 Å². The summed E-state index contributed by atoms with van der Waals surface area (Å²) in [6.45, 7) is 1.74. The van der Waals surface area contributed by atoms with Crippen molar-refractivity contribution in [1.29, 1.82) is 0 Å². The second-order valence-electron chi connectivity index (χ2n) is 6.40. The molecule has 0 aliphatic rings. The van der Waals surface area contributed by atoms with E-state index in [9.17, 15) is 8.78 Å². The van der Waals surface area contributed by atoms with Gasteiger partial charge in [-0.3, -0.25) is 4.99 Å². The molecule has 0 radical (unpaired) electrons. The minimum Gasteiger partial charge on any atom is -0.356 e. The summed E-state index contributed by atoms with van der Waals surface area (Å²) in [6.07, 6.45) is 0.696. The molecule has 0 aliphatic heterocycles. The first-order chi connectivity index (χ1) is 12.5. The largest absolute Gasteiger partial charge is 0.356 e. The Morgan fingerprint density at radius 2 is 1.81 bits per heavy atom. The first-order valence-corrected chi connectivity index (χ1v) is 8.59. The molecule has 0 aliphatic carbocycles. The van der Waals surface area contributed by atoms with E-state index in [-0.39, 0.29) is 35.6 Å². The highest BCUT2D eigenvalue weighted by Crippen LogP contribution is 2.12. The molecule has 2 aromatic rings. The van der Waals surface area contributed by atoms with Crippen molar-refractivity contribution in [3.8, 4) is 0 Å². The number of hydrogen-bond donors (Lipinski definition) is 2. The maximum atomic E-state index is 13.8. The molecule has 0 bridgehead atoms. The lowest BCUT2D eigenvalue weighted by atomic mass is 10.1. The lowest BCUT2D eigenvalue weighted by molar-refractivity contribution is 0.392. The minimum absolute atomic E-state index is 0. The van der Waals surface area contributed by atoms with Crippen LogP contribution < -0.4 is 10.6 Å². The molecule has 0 amide bonds. The van der Waals surface area contributed by atoms with Crippen molar-refractivity contribution in [3.63, 3.8) is 0 Å². The first kappa shape index (κ1) is 23.3. The molecular weight excluding hydrogens is 461 g/mol. The highest BCUT2D eigenvalue weighted by molar-refractivity contribution is 14.0. The number of halogens is 3. The molecule has 0 saturated heterocycles. The number of nitrogens with one attached hydrogen (secondary N) is 2. The third-order valence-electron chi connectivity index (χ3n) is 3.88. The molecule has 7 heteroatoms. The lowest BCUT2D eigenvalue weighted by Crippen LogP contribution is -2.37. The number of hydrogen-bond acceptors (Lipinski definition) is 2. The molecule has 0 aromatic heterocycles. The normalized spacial score (nSPS) is 11.3. The van der Waals surface area contributed by atoms with Crippen LogP contribution in [0.2, 0.25) is 0 Å². The van der Waals surface area contributed by atoms with Gasteiger partial charge in [-0.25, -0.2) is 8.78 Å². The van der Waals surface area contributed by atoms with Gasteiger partial charge in [0.05, 0.1) is 0 Å². The van der Waals surface area contributed by atoms with Crippen LogP contribution in [0.15, 0.2) is 47.5 Å². The monoisotopic (exact) mass is 488 g/mol. The third-order valence-corrected chi connectivity index (χ3v) is 3.88. The standard InChI is InChI=1S/C20H26F2N4.HI/c1-23-20(24-10-9-15-5-4-6-18(21)12-15)25-13-16-7-8-19(22)17(11-16)14-26(2)3;/h4-8,11-12H,9-10,13-14H2,1-3H3,(H2,23,24,25);1H. The highest BCUT2D eigenvalue weighted by Gasteiger charge is 2.06. The van der Waals surface area contributed by atoms with E-state index in [1.807, 2.05) is 31.1 Å². The summed E-state index contributed by atoms with van der Waals surface area (Å²) in [5.41, 5.74) is 2.58. The topological polar surface area (TPSA) is 39.7 Å². The molecule has 27 heavy (non-hydrogen) atoms. The number of aliphatic imine (C=N–C) groups is 1. The van der Waals surface area contributed by atoms with E-state index >= 15 is 0 Å². The summed E-state index contributed by atoms with van der Waals surface area (Å²) >= 11 is 0. The van der Waals surface area contributed by atoms with Gasteiger partial charge in [0.15, 0.2) is 5.96 Å². The third kappa shape index (κ3) is 8.21. The van der Waals surface area contributed by atoms with Gasteiger partial charge >= 0.3 is 0 Å². The van der Waals surface area contributed by atoms with Crippen LogP contribution in [0.25, 0.3) is 0 Å². The fourth-order valence-corrected chi connectivity index (χ4v) is 2.62. The Labute approximate surface area is 177 Å². The van der Waals surface area contributed by atoms with Crippen LogP contribution in [0.5, 0.6) is 0 Å². The van der Waals surface area contributed by atoms with Gasteiger partial charge in [0.2, 0.25) is 0 Å². The average molecular weight is 488 g/mol. The molecule has 0 spiro atoms. The van der Waals surface area contributed by atoms with Gasteiger partial charge in [-0.05, 0) is 55.9 Å². The fourth-order valence-electron chi connectivity index (χ4n) is 2.62. The van der Waals surface area contributed by atoms with E-state index in [4.69, 9.17) is 0 Å². The first-order valence-electron chi connectivity index (χ1n) is 8.59. The van der Waals surface area contributed by atoms with Gasteiger partial charge in [-0.2, -0.15) is 0 Å². The Kier molecular flexibility index (Phi) is 10.2. The second kappa shape index (κ2) is 11.9. The van der Waals surface area contributed by atoms with E-state index in [0.717, 1.165) is 11.1 Å². The molecule has 0 atom stereocenters. The molecule has 0 fully saturated rings. The predicted molar refractivity (Wildman–Crippen MR) is 118 cm³/mol. The van der Waals surface area contributed by atoms with Crippen LogP contribution in [-0.4, -0.2) is 38.5 Å². The molecule has 2 N–H and O–H groups in total. The molecule has 0 unspecified atom stereocenters. The number of rotatable bonds is 7. The van der Waals surface area contributed by atoms with Crippen LogP contribution in [-0.2, 0) is 19.5 Å². The number of benzene rings is 2. The quantitative estimate of drug-likeness (QED) is 0.356.